The van der Waals surface area contributed by atoms with Crippen LogP contribution in [-0.4, -0.2) is 24.4 Å². The van der Waals surface area contributed by atoms with Crippen molar-refractivity contribution in [3.8, 4) is 5.75 Å². The number of aliphatic hydroxyl groups is 1. The number of hydrogen-bond acceptors (Lipinski definition) is 3. The van der Waals surface area contributed by atoms with Gasteiger partial charge in [0, 0.05) is 13.1 Å². The molecule has 0 radical (unpaired) electrons. The molecule has 2 rings (SSSR count). The monoisotopic (exact) mass is 311 g/mol. The first-order valence-corrected chi connectivity index (χ1v) is 6.75. The Morgan fingerprint density at radius 3 is 2.41 bits per heavy atom. The maximum atomic E-state index is 13.0. The third kappa shape index (κ3) is 5.05. The molecule has 2 aromatic rings. The summed E-state index contributed by atoms with van der Waals surface area (Å²) in [5.41, 5.74) is 0.575. The van der Waals surface area contributed by atoms with Gasteiger partial charge in [0.05, 0.1) is 0 Å². The third-order valence-electron chi connectivity index (χ3n) is 2.95. The standard InChI is InChI=1S/C16H16F3NO2/c17-12-2-4-14(5-3-12)22-10-13(21)9-20-8-11-1-6-15(18)16(19)7-11/h1-7,13,20-21H,8-10H2. The number of ether oxygens (including phenoxy) is 1. The highest BCUT2D eigenvalue weighted by Gasteiger charge is 2.06. The molecule has 0 aliphatic rings. The molecule has 0 saturated carbocycles. The highest BCUT2D eigenvalue weighted by atomic mass is 19.2. The topological polar surface area (TPSA) is 41.5 Å². The number of benzene rings is 2. The zero-order valence-electron chi connectivity index (χ0n) is 11.7. The van der Waals surface area contributed by atoms with E-state index < -0.39 is 17.7 Å². The molecule has 0 amide bonds. The normalized spacial score (nSPS) is 12.2. The molecule has 0 spiro atoms. The molecule has 0 saturated heterocycles. The number of hydrogen-bond donors (Lipinski definition) is 2. The molecule has 0 bridgehead atoms. The van der Waals surface area contributed by atoms with Crippen LogP contribution in [0.1, 0.15) is 5.56 Å². The van der Waals surface area contributed by atoms with E-state index in [4.69, 9.17) is 4.74 Å². The molecular weight excluding hydrogens is 295 g/mol. The van der Waals surface area contributed by atoms with Crippen molar-refractivity contribution in [3.63, 3.8) is 0 Å². The highest BCUT2D eigenvalue weighted by molar-refractivity contribution is 5.22. The van der Waals surface area contributed by atoms with Crippen LogP contribution in [-0.2, 0) is 6.54 Å². The second-order valence-electron chi connectivity index (χ2n) is 4.80. The highest BCUT2D eigenvalue weighted by Crippen LogP contribution is 2.11. The second kappa shape index (κ2) is 7.82. The average molecular weight is 311 g/mol. The average Bonchev–Trinajstić information content (AvgIpc) is 2.50. The zero-order chi connectivity index (χ0) is 15.9. The maximum Gasteiger partial charge on any atom is 0.159 e. The number of rotatable bonds is 7. The lowest BCUT2D eigenvalue weighted by atomic mass is 10.2. The quantitative estimate of drug-likeness (QED) is 0.826. The molecule has 0 heterocycles. The first-order chi connectivity index (χ1) is 10.5. The van der Waals surface area contributed by atoms with Crippen molar-refractivity contribution in [1.29, 1.82) is 0 Å². The van der Waals surface area contributed by atoms with Gasteiger partial charge in [0.1, 0.15) is 24.3 Å². The molecule has 22 heavy (non-hydrogen) atoms. The van der Waals surface area contributed by atoms with Crippen molar-refractivity contribution in [2.45, 2.75) is 12.6 Å². The fourth-order valence-electron chi connectivity index (χ4n) is 1.81. The molecule has 1 atom stereocenters. The van der Waals surface area contributed by atoms with Gasteiger partial charge in [-0.05, 0) is 42.0 Å². The molecule has 0 aromatic heterocycles. The molecule has 118 valence electrons. The lowest BCUT2D eigenvalue weighted by molar-refractivity contribution is 0.106. The van der Waals surface area contributed by atoms with Crippen LogP contribution in [0.2, 0.25) is 0 Å². The van der Waals surface area contributed by atoms with Gasteiger partial charge in [-0.15, -0.1) is 0 Å². The van der Waals surface area contributed by atoms with Crippen LogP contribution in [0.3, 0.4) is 0 Å². The Hall–Kier alpha value is -2.05. The fraction of sp³-hybridized carbons (Fsp3) is 0.250. The molecule has 2 N–H and O–H groups in total. The van der Waals surface area contributed by atoms with Crippen molar-refractivity contribution in [2.75, 3.05) is 13.2 Å². The van der Waals surface area contributed by atoms with E-state index in [2.05, 4.69) is 5.32 Å². The van der Waals surface area contributed by atoms with Crippen molar-refractivity contribution in [3.05, 3.63) is 65.5 Å². The minimum absolute atomic E-state index is 0.0381. The van der Waals surface area contributed by atoms with Gasteiger partial charge in [-0.25, -0.2) is 13.2 Å². The molecule has 0 aliphatic carbocycles. The van der Waals surface area contributed by atoms with Crippen LogP contribution >= 0.6 is 0 Å². The van der Waals surface area contributed by atoms with Crippen LogP contribution in [0.25, 0.3) is 0 Å². The number of aliphatic hydroxyl groups excluding tert-OH is 1. The van der Waals surface area contributed by atoms with E-state index in [1.54, 1.807) is 0 Å². The number of nitrogens with one attached hydrogen (secondary N) is 1. The first kappa shape index (κ1) is 16.3. The molecule has 0 aliphatic heterocycles. The van der Waals surface area contributed by atoms with Gasteiger partial charge in [-0.2, -0.15) is 0 Å². The van der Waals surface area contributed by atoms with Crippen LogP contribution in [0.15, 0.2) is 42.5 Å². The van der Waals surface area contributed by atoms with Gasteiger partial charge in [-0.1, -0.05) is 6.07 Å². The van der Waals surface area contributed by atoms with E-state index >= 15 is 0 Å². The van der Waals surface area contributed by atoms with Gasteiger partial charge in [0.15, 0.2) is 11.6 Å². The van der Waals surface area contributed by atoms with Crippen LogP contribution in [0.5, 0.6) is 5.75 Å². The van der Waals surface area contributed by atoms with Gasteiger partial charge >= 0.3 is 0 Å². The summed E-state index contributed by atoms with van der Waals surface area (Å²) >= 11 is 0. The lowest BCUT2D eigenvalue weighted by Crippen LogP contribution is -2.31. The van der Waals surface area contributed by atoms with Crippen LogP contribution in [0, 0.1) is 17.5 Å². The smallest absolute Gasteiger partial charge is 0.159 e. The van der Waals surface area contributed by atoms with E-state index in [0.29, 0.717) is 17.9 Å². The van der Waals surface area contributed by atoms with Crippen molar-refractivity contribution < 1.29 is 23.0 Å². The van der Waals surface area contributed by atoms with E-state index in [0.717, 1.165) is 12.1 Å². The van der Waals surface area contributed by atoms with Gasteiger partial charge in [-0.3, -0.25) is 0 Å². The Morgan fingerprint density at radius 1 is 1.00 bits per heavy atom. The van der Waals surface area contributed by atoms with Crippen molar-refractivity contribution in [2.24, 2.45) is 0 Å². The Balaban J connectivity index is 1.70. The zero-order valence-corrected chi connectivity index (χ0v) is 11.7. The van der Waals surface area contributed by atoms with Crippen molar-refractivity contribution in [1.82, 2.24) is 5.32 Å². The summed E-state index contributed by atoms with van der Waals surface area (Å²) in [6.45, 7) is 0.557. The molecular formula is C16H16F3NO2. The molecule has 2 aromatic carbocycles. The molecule has 1 unspecified atom stereocenters. The summed E-state index contributed by atoms with van der Waals surface area (Å²) in [4.78, 5) is 0. The van der Waals surface area contributed by atoms with E-state index in [-0.39, 0.29) is 19.0 Å². The second-order valence-corrected chi connectivity index (χ2v) is 4.80. The van der Waals surface area contributed by atoms with Gasteiger partial charge in [0.25, 0.3) is 0 Å². The predicted molar refractivity (Wildman–Crippen MR) is 76.0 cm³/mol. The lowest BCUT2D eigenvalue weighted by Gasteiger charge is -2.13. The summed E-state index contributed by atoms with van der Waals surface area (Å²) in [6, 6.07) is 9.09. The minimum atomic E-state index is -0.903. The minimum Gasteiger partial charge on any atom is -0.491 e. The summed E-state index contributed by atoms with van der Waals surface area (Å²) < 4.78 is 43.8. The first-order valence-electron chi connectivity index (χ1n) is 6.75. The van der Waals surface area contributed by atoms with Crippen LogP contribution < -0.4 is 10.1 Å². The Kier molecular flexibility index (Phi) is 5.80. The predicted octanol–water partition coefficient (Wildman–Crippen LogP) is 2.63. The summed E-state index contributed by atoms with van der Waals surface area (Å²) in [5.74, 6) is -1.70. The van der Waals surface area contributed by atoms with E-state index in [1.807, 2.05) is 0 Å². The molecule has 0 fully saturated rings. The Labute approximate surface area is 126 Å². The Morgan fingerprint density at radius 2 is 1.73 bits per heavy atom. The van der Waals surface area contributed by atoms with Gasteiger partial charge < -0.3 is 15.2 Å². The van der Waals surface area contributed by atoms with Gasteiger partial charge in [0.2, 0.25) is 0 Å². The third-order valence-corrected chi connectivity index (χ3v) is 2.95. The summed E-state index contributed by atoms with van der Waals surface area (Å²) in [6.07, 6.45) is -0.782. The summed E-state index contributed by atoms with van der Waals surface area (Å²) in [7, 11) is 0. The number of halogens is 3. The van der Waals surface area contributed by atoms with E-state index in [1.165, 1.54) is 30.3 Å². The van der Waals surface area contributed by atoms with Crippen LogP contribution in [0.4, 0.5) is 13.2 Å². The molecule has 3 nitrogen and oxygen atoms in total. The Bertz CT molecular complexity index is 605. The SMILES string of the molecule is OC(CNCc1ccc(F)c(F)c1)COc1ccc(F)cc1. The summed E-state index contributed by atoms with van der Waals surface area (Å²) in [5, 5.41) is 12.7. The van der Waals surface area contributed by atoms with E-state index in [9.17, 15) is 18.3 Å². The largest absolute Gasteiger partial charge is 0.491 e. The fourth-order valence-corrected chi connectivity index (χ4v) is 1.81. The maximum absolute atomic E-state index is 13.0. The molecule has 6 heteroatoms. The van der Waals surface area contributed by atoms with Crippen molar-refractivity contribution >= 4 is 0 Å².